The van der Waals surface area contributed by atoms with Gasteiger partial charge in [-0.25, -0.2) is 9.97 Å². The van der Waals surface area contributed by atoms with E-state index in [-0.39, 0.29) is 5.91 Å². The average molecular weight is 342 g/mol. The van der Waals surface area contributed by atoms with E-state index in [0.29, 0.717) is 36.1 Å². The first-order valence-electron chi connectivity index (χ1n) is 7.84. The van der Waals surface area contributed by atoms with Gasteiger partial charge in [-0.15, -0.1) is 6.58 Å². The molecular formula is C18H22N4O3. The molecule has 2 N–H and O–H groups in total. The van der Waals surface area contributed by atoms with Crippen molar-refractivity contribution >= 4 is 11.9 Å². The lowest BCUT2D eigenvalue weighted by Crippen LogP contribution is -2.23. The Balaban J connectivity index is 1.87. The number of methoxy groups -OCH3 is 2. The van der Waals surface area contributed by atoms with Crippen molar-refractivity contribution in [1.29, 1.82) is 0 Å². The molecular weight excluding hydrogens is 320 g/mol. The third-order valence-corrected chi connectivity index (χ3v) is 3.47. The minimum absolute atomic E-state index is 0.225. The third-order valence-electron chi connectivity index (χ3n) is 3.47. The summed E-state index contributed by atoms with van der Waals surface area (Å²) in [5.41, 5.74) is 1.51. The molecule has 0 unspecified atom stereocenters. The first kappa shape index (κ1) is 18.3. The molecule has 1 amide bonds. The van der Waals surface area contributed by atoms with Gasteiger partial charge in [0.1, 0.15) is 0 Å². The molecule has 1 aromatic heterocycles. The fourth-order valence-electron chi connectivity index (χ4n) is 2.16. The monoisotopic (exact) mass is 342 g/mol. The Bertz CT molecular complexity index is 717. The summed E-state index contributed by atoms with van der Waals surface area (Å²) in [6.45, 7) is 4.61. The van der Waals surface area contributed by atoms with Crippen LogP contribution in [0.15, 0.2) is 43.2 Å². The number of carbonyl (C=O) groups is 1. The second kappa shape index (κ2) is 9.27. The molecule has 0 saturated carbocycles. The molecule has 0 aliphatic rings. The minimum atomic E-state index is -0.225. The summed E-state index contributed by atoms with van der Waals surface area (Å²) in [6, 6.07) is 5.80. The van der Waals surface area contributed by atoms with E-state index in [1.807, 2.05) is 18.2 Å². The maximum absolute atomic E-state index is 11.7. The predicted octanol–water partition coefficient (Wildman–Crippen LogP) is 2.06. The molecule has 7 nitrogen and oxygen atoms in total. The summed E-state index contributed by atoms with van der Waals surface area (Å²) in [4.78, 5) is 20.0. The van der Waals surface area contributed by atoms with E-state index in [1.54, 1.807) is 20.3 Å². The maximum atomic E-state index is 11.7. The van der Waals surface area contributed by atoms with Gasteiger partial charge in [0.25, 0.3) is 5.91 Å². The van der Waals surface area contributed by atoms with Crippen LogP contribution < -0.4 is 20.1 Å². The summed E-state index contributed by atoms with van der Waals surface area (Å²) < 4.78 is 10.5. The van der Waals surface area contributed by atoms with E-state index in [4.69, 9.17) is 9.47 Å². The Morgan fingerprint density at radius 2 is 1.92 bits per heavy atom. The molecule has 0 atom stereocenters. The number of hydrogen-bond acceptors (Lipinski definition) is 6. The van der Waals surface area contributed by atoms with Gasteiger partial charge in [-0.05, 0) is 24.1 Å². The zero-order valence-corrected chi connectivity index (χ0v) is 14.4. The first-order chi connectivity index (χ1) is 12.2. The smallest absolute Gasteiger partial charge is 0.254 e. The molecule has 0 aliphatic carbocycles. The third kappa shape index (κ3) is 5.20. The number of anilines is 1. The fraction of sp³-hybridized carbons (Fsp3) is 0.278. The van der Waals surface area contributed by atoms with Gasteiger partial charge in [0, 0.05) is 25.5 Å². The van der Waals surface area contributed by atoms with Crippen LogP contribution in [0.5, 0.6) is 11.5 Å². The molecule has 25 heavy (non-hydrogen) atoms. The Morgan fingerprint density at radius 3 is 2.56 bits per heavy atom. The van der Waals surface area contributed by atoms with Gasteiger partial charge in [0.2, 0.25) is 5.95 Å². The van der Waals surface area contributed by atoms with Crippen molar-refractivity contribution in [2.24, 2.45) is 0 Å². The van der Waals surface area contributed by atoms with E-state index in [9.17, 15) is 4.79 Å². The first-order valence-corrected chi connectivity index (χ1v) is 7.84. The summed E-state index contributed by atoms with van der Waals surface area (Å²) in [7, 11) is 3.22. The molecule has 0 aliphatic heterocycles. The van der Waals surface area contributed by atoms with E-state index >= 15 is 0 Å². The Labute approximate surface area is 147 Å². The van der Waals surface area contributed by atoms with Crippen LogP contribution in [-0.2, 0) is 6.42 Å². The lowest BCUT2D eigenvalue weighted by Gasteiger charge is -2.10. The number of nitrogens with zero attached hydrogens (tertiary/aromatic N) is 2. The number of ether oxygens (including phenoxy) is 2. The van der Waals surface area contributed by atoms with Gasteiger partial charge in [-0.1, -0.05) is 12.1 Å². The highest BCUT2D eigenvalue weighted by molar-refractivity contribution is 5.93. The maximum Gasteiger partial charge on any atom is 0.254 e. The van der Waals surface area contributed by atoms with Gasteiger partial charge in [-0.2, -0.15) is 0 Å². The largest absolute Gasteiger partial charge is 0.493 e. The predicted molar refractivity (Wildman–Crippen MR) is 96.3 cm³/mol. The average Bonchev–Trinajstić information content (AvgIpc) is 2.66. The Hall–Kier alpha value is -3.09. The fourth-order valence-corrected chi connectivity index (χ4v) is 2.16. The SMILES string of the molecule is C=CCNC(=O)c1cnc(NCCc2ccc(OC)c(OC)c2)nc1. The number of nitrogens with one attached hydrogen (secondary N) is 2. The van der Waals surface area contributed by atoms with E-state index in [2.05, 4.69) is 27.2 Å². The van der Waals surface area contributed by atoms with Crippen LogP contribution in [-0.4, -0.2) is 43.2 Å². The standard InChI is InChI=1S/C18H22N4O3/c1-4-8-19-17(23)14-11-21-18(22-12-14)20-9-7-13-5-6-15(24-2)16(10-13)25-3/h4-6,10-12H,1,7-9H2,2-3H3,(H,19,23)(H,20,21,22). The molecule has 0 radical (unpaired) electrons. The zero-order chi connectivity index (χ0) is 18.1. The van der Waals surface area contributed by atoms with Gasteiger partial charge < -0.3 is 20.1 Å². The van der Waals surface area contributed by atoms with Gasteiger partial charge in [-0.3, -0.25) is 4.79 Å². The zero-order valence-electron chi connectivity index (χ0n) is 14.4. The van der Waals surface area contributed by atoms with Crippen LogP contribution in [0.2, 0.25) is 0 Å². The number of hydrogen-bond donors (Lipinski definition) is 2. The molecule has 7 heteroatoms. The van der Waals surface area contributed by atoms with Crippen LogP contribution in [0.1, 0.15) is 15.9 Å². The molecule has 0 bridgehead atoms. The molecule has 132 valence electrons. The van der Waals surface area contributed by atoms with Crippen LogP contribution in [0.4, 0.5) is 5.95 Å². The molecule has 1 aromatic carbocycles. The van der Waals surface area contributed by atoms with Crippen molar-refractivity contribution in [2.75, 3.05) is 32.6 Å². The highest BCUT2D eigenvalue weighted by Crippen LogP contribution is 2.27. The quantitative estimate of drug-likeness (QED) is 0.679. The van der Waals surface area contributed by atoms with Gasteiger partial charge in [0.15, 0.2) is 11.5 Å². The minimum Gasteiger partial charge on any atom is -0.493 e. The van der Waals surface area contributed by atoms with Crippen LogP contribution >= 0.6 is 0 Å². The second-order valence-electron chi connectivity index (χ2n) is 5.16. The van der Waals surface area contributed by atoms with Crippen molar-refractivity contribution in [1.82, 2.24) is 15.3 Å². The van der Waals surface area contributed by atoms with Crippen LogP contribution in [0.3, 0.4) is 0 Å². The van der Waals surface area contributed by atoms with Crippen molar-refractivity contribution in [3.63, 3.8) is 0 Å². The Morgan fingerprint density at radius 1 is 1.20 bits per heavy atom. The van der Waals surface area contributed by atoms with Crippen molar-refractivity contribution in [3.05, 3.63) is 54.4 Å². The summed E-state index contributed by atoms with van der Waals surface area (Å²) >= 11 is 0. The molecule has 0 spiro atoms. The molecule has 2 aromatic rings. The van der Waals surface area contributed by atoms with E-state index < -0.39 is 0 Å². The Kier molecular flexibility index (Phi) is 6.76. The molecule has 0 fully saturated rings. The van der Waals surface area contributed by atoms with Gasteiger partial charge in [0.05, 0.1) is 19.8 Å². The normalized spacial score (nSPS) is 10.0. The molecule has 2 rings (SSSR count). The van der Waals surface area contributed by atoms with Crippen molar-refractivity contribution in [2.45, 2.75) is 6.42 Å². The number of carbonyl (C=O) groups excluding carboxylic acids is 1. The number of amides is 1. The summed E-state index contributed by atoms with van der Waals surface area (Å²) in [5, 5.41) is 5.80. The summed E-state index contributed by atoms with van der Waals surface area (Å²) in [6.07, 6.45) is 5.36. The lowest BCUT2D eigenvalue weighted by atomic mass is 10.1. The van der Waals surface area contributed by atoms with Crippen LogP contribution in [0, 0.1) is 0 Å². The summed E-state index contributed by atoms with van der Waals surface area (Å²) in [5.74, 6) is 1.65. The second-order valence-corrected chi connectivity index (χ2v) is 5.16. The molecule has 1 heterocycles. The van der Waals surface area contributed by atoms with Crippen LogP contribution in [0.25, 0.3) is 0 Å². The van der Waals surface area contributed by atoms with E-state index in [0.717, 1.165) is 12.0 Å². The number of rotatable bonds is 9. The lowest BCUT2D eigenvalue weighted by molar-refractivity contribution is 0.0957. The number of aromatic nitrogens is 2. The van der Waals surface area contributed by atoms with Crippen molar-refractivity contribution in [3.8, 4) is 11.5 Å². The van der Waals surface area contributed by atoms with Gasteiger partial charge >= 0.3 is 0 Å². The highest BCUT2D eigenvalue weighted by Gasteiger charge is 2.07. The van der Waals surface area contributed by atoms with Crippen molar-refractivity contribution < 1.29 is 14.3 Å². The van der Waals surface area contributed by atoms with E-state index in [1.165, 1.54) is 12.4 Å². The topological polar surface area (TPSA) is 85.4 Å². The highest BCUT2D eigenvalue weighted by atomic mass is 16.5. The number of benzene rings is 1. The molecule has 0 saturated heterocycles.